The quantitative estimate of drug-likeness (QED) is 0.598. The molecule has 3 rings (SSSR count). The van der Waals surface area contributed by atoms with Gasteiger partial charge in [0, 0.05) is 38.4 Å². The Balaban J connectivity index is 1.74. The summed E-state index contributed by atoms with van der Waals surface area (Å²) in [5, 5.41) is 22.8. The van der Waals surface area contributed by atoms with Gasteiger partial charge < -0.3 is 14.5 Å². The second kappa shape index (κ2) is 7.77. The molecule has 25 heavy (non-hydrogen) atoms. The Labute approximate surface area is 145 Å². The Bertz CT molecular complexity index is 734. The van der Waals surface area contributed by atoms with Crippen LogP contribution in [0, 0.1) is 27.4 Å². The number of hydrogen-bond donors (Lipinski definition) is 0. The molecule has 0 amide bonds. The van der Waals surface area contributed by atoms with E-state index in [-0.39, 0.29) is 0 Å². The van der Waals surface area contributed by atoms with Crippen LogP contribution in [-0.2, 0) is 4.74 Å². The van der Waals surface area contributed by atoms with Crippen LogP contribution in [0.3, 0.4) is 0 Å². The first-order valence-corrected chi connectivity index (χ1v) is 8.16. The van der Waals surface area contributed by atoms with Gasteiger partial charge in [-0.2, -0.15) is 5.26 Å². The molecule has 0 bridgehead atoms. The standard InChI is InChI=1S/C17H19N5O3/c18-11-15-3-1-2-14(10-15)4-6-20-7-8-21(17(20)19-22(23)24)12-16-5-9-25-13-16/h1-4,6,10,16H,5,7-9,12-13H2. The molecule has 130 valence electrons. The van der Waals surface area contributed by atoms with E-state index in [9.17, 15) is 10.1 Å². The molecule has 8 heteroatoms. The second-order valence-corrected chi connectivity index (χ2v) is 6.06. The highest BCUT2D eigenvalue weighted by Gasteiger charge is 2.31. The lowest BCUT2D eigenvalue weighted by Crippen LogP contribution is -2.35. The van der Waals surface area contributed by atoms with Crippen molar-refractivity contribution in [3.05, 3.63) is 51.7 Å². The van der Waals surface area contributed by atoms with E-state index in [1.807, 2.05) is 17.0 Å². The van der Waals surface area contributed by atoms with Gasteiger partial charge in [-0.15, -0.1) is 0 Å². The fraction of sp³-hybridized carbons (Fsp3) is 0.412. The van der Waals surface area contributed by atoms with Crippen molar-refractivity contribution in [1.82, 2.24) is 9.80 Å². The molecule has 2 heterocycles. The maximum atomic E-state index is 10.9. The van der Waals surface area contributed by atoms with Crippen molar-refractivity contribution in [3.8, 4) is 6.07 Å². The Hall–Kier alpha value is -2.92. The molecule has 0 N–H and O–H groups in total. The van der Waals surface area contributed by atoms with E-state index in [1.54, 1.807) is 29.3 Å². The molecule has 2 fully saturated rings. The first-order valence-electron chi connectivity index (χ1n) is 8.16. The third kappa shape index (κ3) is 4.33. The van der Waals surface area contributed by atoms with Crippen molar-refractivity contribution in [2.45, 2.75) is 6.42 Å². The van der Waals surface area contributed by atoms with E-state index in [1.165, 1.54) is 0 Å². The van der Waals surface area contributed by atoms with E-state index in [2.05, 4.69) is 11.2 Å². The zero-order valence-electron chi connectivity index (χ0n) is 13.7. The number of benzene rings is 1. The summed E-state index contributed by atoms with van der Waals surface area (Å²) < 4.78 is 5.38. The van der Waals surface area contributed by atoms with Gasteiger partial charge in [-0.1, -0.05) is 12.1 Å². The molecule has 1 atom stereocenters. The smallest absolute Gasteiger partial charge is 0.278 e. The second-order valence-electron chi connectivity index (χ2n) is 6.06. The third-order valence-electron chi connectivity index (χ3n) is 4.29. The fourth-order valence-corrected chi connectivity index (χ4v) is 3.04. The van der Waals surface area contributed by atoms with E-state index in [0.29, 0.717) is 43.7 Å². The highest BCUT2D eigenvalue weighted by atomic mass is 16.7. The molecule has 8 nitrogen and oxygen atoms in total. The maximum absolute atomic E-state index is 10.9. The average Bonchev–Trinajstić information content (AvgIpc) is 3.24. The molecule has 0 spiro atoms. The summed E-state index contributed by atoms with van der Waals surface area (Å²) in [6.45, 7) is 3.47. The summed E-state index contributed by atoms with van der Waals surface area (Å²) in [5.41, 5.74) is 1.44. The average molecular weight is 341 g/mol. The van der Waals surface area contributed by atoms with Crippen LogP contribution in [0.1, 0.15) is 17.5 Å². The van der Waals surface area contributed by atoms with Gasteiger partial charge in [0.2, 0.25) is 0 Å². The minimum atomic E-state index is -0.657. The van der Waals surface area contributed by atoms with E-state index in [4.69, 9.17) is 10.00 Å². The molecular weight excluding hydrogens is 322 g/mol. The number of nitrogens with zero attached hydrogens (tertiary/aromatic N) is 5. The maximum Gasteiger partial charge on any atom is 0.278 e. The SMILES string of the molecule is N#Cc1cccc(C=CN2CCN(CC3CCOC3)C2=N[N+](=O)[O-])c1. The van der Waals surface area contributed by atoms with Crippen molar-refractivity contribution in [2.24, 2.45) is 11.0 Å². The minimum Gasteiger partial charge on any atom is -0.381 e. The van der Waals surface area contributed by atoms with Crippen molar-refractivity contribution in [1.29, 1.82) is 5.26 Å². The molecule has 0 aliphatic carbocycles. The van der Waals surface area contributed by atoms with Gasteiger partial charge in [-0.05, 0) is 30.2 Å². The first kappa shape index (κ1) is 16.9. The number of ether oxygens (including phenoxy) is 1. The molecule has 0 saturated carbocycles. The largest absolute Gasteiger partial charge is 0.381 e. The van der Waals surface area contributed by atoms with Gasteiger partial charge in [0.1, 0.15) is 5.10 Å². The lowest BCUT2D eigenvalue weighted by atomic mass is 10.1. The van der Waals surface area contributed by atoms with Gasteiger partial charge in [-0.25, -0.2) is 10.1 Å². The zero-order valence-corrected chi connectivity index (χ0v) is 13.7. The molecule has 2 aliphatic rings. The summed E-state index contributed by atoms with van der Waals surface area (Å²) in [6, 6.07) is 9.29. The normalized spacial score (nSPS) is 22.0. The number of rotatable bonds is 5. The number of nitriles is 1. The molecule has 1 unspecified atom stereocenters. The highest BCUT2D eigenvalue weighted by Crippen LogP contribution is 2.19. The van der Waals surface area contributed by atoms with Crippen molar-refractivity contribution >= 4 is 12.0 Å². The third-order valence-corrected chi connectivity index (χ3v) is 4.29. The van der Waals surface area contributed by atoms with Crippen LogP contribution in [-0.4, -0.2) is 53.6 Å². The van der Waals surface area contributed by atoms with E-state index < -0.39 is 5.03 Å². The van der Waals surface area contributed by atoms with Gasteiger partial charge in [0.15, 0.2) is 5.03 Å². The van der Waals surface area contributed by atoms with Crippen LogP contribution < -0.4 is 0 Å². The summed E-state index contributed by atoms with van der Waals surface area (Å²) in [5.74, 6) is 0.734. The molecule has 1 aromatic carbocycles. The Morgan fingerprint density at radius 1 is 1.48 bits per heavy atom. The van der Waals surface area contributed by atoms with Crippen LogP contribution in [0.5, 0.6) is 0 Å². The highest BCUT2D eigenvalue weighted by molar-refractivity contribution is 5.83. The number of guanidine groups is 1. The predicted molar refractivity (Wildman–Crippen MR) is 91.8 cm³/mol. The number of nitro groups is 1. The lowest BCUT2D eigenvalue weighted by molar-refractivity contribution is -0.486. The molecule has 2 aliphatic heterocycles. The van der Waals surface area contributed by atoms with Crippen molar-refractivity contribution in [3.63, 3.8) is 0 Å². The number of hydrogen-bond acceptors (Lipinski definition) is 4. The van der Waals surface area contributed by atoms with E-state index >= 15 is 0 Å². The Morgan fingerprint density at radius 3 is 3.08 bits per heavy atom. The summed E-state index contributed by atoms with van der Waals surface area (Å²) in [7, 11) is 0. The van der Waals surface area contributed by atoms with Crippen LogP contribution in [0.15, 0.2) is 35.6 Å². The van der Waals surface area contributed by atoms with Gasteiger partial charge in [0.25, 0.3) is 5.96 Å². The molecule has 0 aromatic heterocycles. The molecule has 0 radical (unpaired) electrons. The molecule has 1 aromatic rings. The molecular formula is C17H19N5O3. The lowest BCUT2D eigenvalue weighted by Gasteiger charge is -2.21. The number of hydrazone groups is 1. The topological polar surface area (TPSA) is 95.0 Å². The minimum absolute atomic E-state index is 0.351. The zero-order chi connectivity index (χ0) is 17.6. The monoisotopic (exact) mass is 341 g/mol. The summed E-state index contributed by atoms with van der Waals surface area (Å²) in [6.07, 6.45) is 4.58. The van der Waals surface area contributed by atoms with Crippen LogP contribution in [0.2, 0.25) is 0 Å². The summed E-state index contributed by atoms with van der Waals surface area (Å²) in [4.78, 5) is 14.6. The molecule has 2 saturated heterocycles. The predicted octanol–water partition coefficient (Wildman–Crippen LogP) is 1.73. The Kier molecular flexibility index (Phi) is 5.26. The van der Waals surface area contributed by atoms with Crippen LogP contribution in [0.25, 0.3) is 6.08 Å². The van der Waals surface area contributed by atoms with E-state index in [0.717, 1.165) is 18.6 Å². The van der Waals surface area contributed by atoms with Crippen LogP contribution >= 0.6 is 0 Å². The van der Waals surface area contributed by atoms with Crippen molar-refractivity contribution < 1.29 is 9.77 Å². The van der Waals surface area contributed by atoms with Gasteiger partial charge in [0.05, 0.1) is 18.2 Å². The van der Waals surface area contributed by atoms with Crippen LogP contribution in [0.4, 0.5) is 0 Å². The van der Waals surface area contributed by atoms with Gasteiger partial charge >= 0.3 is 0 Å². The first-order chi connectivity index (χ1) is 12.2. The van der Waals surface area contributed by atoms with Crippen molar-refractivity contribution in [2.75, 3.05) is 32.8 Å². The summed E-state index contributed by atoms with van der Waals surface area (Å²) >= 11 is 0. The fourth-order valence-electron chi connectivity index (χ4n) is 3.04. The Morgan fingerprint density at radius 2 is 2.36 bits per heavy atom. The van der Waals surface area contributed by atoms with Gasteiger partial charge in [-0.3, -0.25) is 0 Å².